The number of amides is 1. The SMILES string of the molecule is COc1cc2c(cc1OC)C1=NC(=O)C(CC3CCCCC3)N1C(SCc1ccc(C(F)(F)F)cc1)=N2. The van der Waals surface area contributed by atoms with Gasteiger partial charge in [-0.25, -0.2) is 4.99 Å². The number of benzene rings is 2. The molecule has 0 saturated heterocycles. The molecule has 1 saturated carbocycles. The Balaban J connectivity index is 1.47. The van der Waals surface area contributed by atoms with Gasteiger partial charge in [0.05, 0.1) is 25.5 Å². The predicted octanol–water partition coefficient (Wildman–Crippen LogP) is 6.58. The number of halogens is 3. The highest BCUT2D eigenvalue weighted by molar-refractivity contribution is 8.13. The Bertz CT molecular complexity index is 1240. The molecule has 37 heavy (non-hydrogen) atoms. The summed E-state index contributed by atoms with van der Waals surface area (Å²) in [5.74, 6) is 2.22. The molecule has 0 radical (unpaired) electrons. The third-order valence-electron chi connectivity index (χ3n) is 7.14. The second kappa shape index (κ2) is 10.4. The van der Waals surface area contributed by atoms with Gasteiger partial charge >= 0.3 is 6.18 Å². The average molecular weight is 532 g/mol. The maximum absolute atomic E-state index is 13.2. The van der Waals surface area contributed by atoms with Gasteiger partial charge in [-0.15, -0.1) is 0 Å². The normalized spacial score (nSPS) is 19.8. The summed E-state index contributed by atoms with van der Waals surface area (Å²) in [6.45, 7) is 0. The molecule has 0 bridgehead atoms. The maximum atomic E-state index is 13.2. The van der Waals surface area contributed by atoms with Crippen LogP contribution >= 0.6 is 11.8 Å². The fraction of sp³-hybridized carbons (Fsp3) is 0.444. The Morgan fingerprint density at radius 3 is 2.32 bits per heavy atom. The van der Waals surface area contributed by atoms with Gasteiger partial charge in [-0.3, -0.25) is 9.69 Å². The number of ether oxygens (including phenoxy) is 2. The molecule has 1 amide bonds. The van der Waals surface area contributed by atoms with Gasteiger partial charge in [0, 0.05) is 17.4 Å². The summed E-state index contributed by atoms with van der Waals surface area (Å²) in [4.78, 5) is 24.5. The number of amidine groups is 2. The minimum Gasteiger partial charge on any atom is -0.493 e. The van der Waals surface area contributed by atoms with Crippen molar-refractivity contribution in [3.8, 4) is 11.5 Å². The number of hydrogen-bond acceptors (Lipinski definition) is 6. The lowest BCUT2D eigenvalue weighted by Crippen LogP contribution is -2.44. The zero-order valence-electron chi connectivity index (χ0n) is 20.7. The van der Waals surface area contributed by atoms with Crippen LogP contribution in [0.1, 0.15) is 55.2 Å². The second-order valence-electron chi connectivity index (χ2n) is 9.50. The molecular formula is C27H28F3N3O3S. The van der Waals surface area contributed by atoms with Gasteiger partial charge in [0.1, 0.15) is 11.9 Å². The number of alkyl halides is 3. The van der Waals surface area contributed by atoms with E-state index in [1.807, 2.05) is 4.90 Å². The van der Waals surface area contributed by atoms with Crippen LogP contribution < -0.4 is 9.47 Å². The van der Waals surface area contributed by atoms with Crippen molar-refractivity contribution >= 4 is 34.4 Å². The monoisotopic (exact) mass is 531 g/mol. The number of nitrogens with zero attached hydrogens (tertiary/aromatic N) is 3. The van der Waals surface area contributed by atoms with Crippen LogP contribution in [0.2, 0.25) is 0 Å². The molecule has 1 fully saturated rings. The molecule has 2 aromatic carbocycles. The van der Waals surface area contributed by atoms with Gasteiger partial charge in [-0.05, 0) is 36.1 Å². The number of fused-ring (bicyclic) bond motifs is 3. The van der Waals surface area contributed by atoms with Crippen molar-refractivity contribution in [1.82, 2.24) is 4.90 Å². The number of rotatable bonds is 6. The lowest BCUT2D eigenvalue weighted by molar-refractivity contribution is -0.137. The Morgan fingerprint density at radius 1 is 1.00 bits per heavy atom. The van der Waals surface area contributed by atoms with Crippen molar-refractivity contribution in [2.45, 2.75) is 56.5 Å². The summed E-state index contributed by atoms with van der Waals surface area (Å²) < 4.78 is 49.9. The van der Waals surface area contributed by atoms with Gasteiger partial charge in [0.25, 0.3) is 5.91 Å². The van der Waals surface area contributed by atoms with Crippen LogP contribution in [0, 0.1) is 5.92 Å². The molecule has 196 valence electrons. The molecule has 1 atom stereocenters. The van der Waals surface area contributed by atoms with Crippen molar-refractivity contribution in [2.75, 3.05) is 14.2 Å². The van der Waals surface area contributed by atoms with E-state index in [9.17, 15) is 18.0 Å². The first-order valence-electron chi connectivity index (χ1n) is 12.3. The molecule has 2 heterocycles. The van der Waals surface area contributed by atoms with Crippen molar-refractivity contribution in [2.24, 2.45) is 15.9 Å². The Labute approximate surface area is 218 Å². The molecule has 5 rings (SSSR count). The maximum Gasteiger partial charge on any atom is 0.416 e. The largest absolute Gasteiger partial charge is 0.493 e. The Hall–Kier alpha value is -3.01. The van der Waals surface area contributed by atoms with Gasteiger partial charge in [-0.2, -0.15) is 18.2 Å². The van der Waals surface area contributed by atoms with Gasteiger partial charge < -0.3 is 9.47 Å². The van der Waals surface area contributed by atoms with Crippen LogP contribution in [0.3, 0.4) is 0 Å². The number of thioether (sulfide) groups is 1. The highest BCUT2D eigenvalue weighted by atomic mass is 32.2. The minimum atomic E-state index is -4.38. The highest BCUT2D eigenvalue weighted by Crippen LogP contribution is 2.42. The van der Waals surface area contributed by atoms with Crippen LogP contribution in [0.15, 0.2) is 46.4 Å². The topological polar surface area (TPSA) is 63.5 Å². The zero-order chi connectivity index (χ0) is 26.2. The van der Waals surface area contributed by atoms with E-state index in [0.29, 0.717) is 51.8 Å². The molecule has 6 nitrogen and oxygen atoms in total. The van der Waals surface area contributed by atoms with E-state index in [2.05, 4.69) is 4.99 Å². The summed E-state index contributed by atoms with van der Waals surface area (Å²) in [6, 6.07) is 8.22. The molecule has 2 aromatic rings. The number of methoxy groups -OCH3 is 2. The third-order valence-corrected chi connectivity index (χ3v) is 8.16. The van der Waals surface area contributed by atoms with Crippen molar-refractivity contribution in [3.63, 3.8) is 0 Å². The van der Waals surface area contributed by atoms with E-state index in [4.69, 9.17) is 14.5 Å². The molecule has 2 aliphatic heterocycles. The Kier molecular flexibility index (Phi) is 7.20. The van der Waals surface area contributed by atoms with Crippen molar-refractivity contribution in [1.29, 1.82) is 0 Å². The fourth-order valence-corrected chi connectivity index (χ4v) is 6.19. The van der Waals surface area contributed by atoms with Crippen LogP contribution in [0.25, 0.3) is 0 Å². The van der Waals surface area contributed by atoms with E-state index in [1.54, 1.807) is 26.4 Å². The summed E-state index contributed by atoms with van der Waals surface area (Å²) in [5, 5.41) is 0.602. The number of carbonyl (C=O) groups excluding carboxylic acids is 1. The zero-order valence-corrected chi connectivity index (χ0v) is 21.5. The molecule has 0 spiro atoms. The first kappa shape index (κ1) is 25.6. The first-order valence-corrected chi connectivity index (χ1v) is 13.3. The van der Waals surface area contributed by atoms with E-state index in [1.165, 1.54) is 43.2 Å². The van der Waals surface area contributed by atoms with E-state index >= 15 is 0 Å². The quantitative estimate of drug-likeness (QED) is 0.421. The predicted molar refractivity (Wildman–Crippen MR) is 138 cm³/mol. The molecule has 0 N–H and O–H groups in total. The molecule has 0 aromatic heterocycles. The van der Waals surface area contributed by atoms with Gasteiger partial charge in [0.15, 0.2) is 16.7 Å². The van der Waals surface area contributed by atoms with Crippen molar-refractivity contribution in [3.05, 3.63) is 53.1 Å². The third kappa shape index (κ3) is 5.21. The van der Waals surface area contributed by atoms with E-state index in [-0.39, 0.29) is 5.91 Å². The van der Waals surface area contributed by atoms with Gasteiger partial charge in [-0.1, -0.05) is 56.0 Å². The van der Waals surface area contributed by atoms with Crippen LogP contribution in [0.5, 0.6) is 11.5 Å². The fourth-order valence-electron chi connectivity index (χ4n) is 5.19. The summed E-state index contributed by atoms with van der Waals surface area (Å²) in [7, 11) is 3.09. The number of carbonyl (C=O) groups is 1. The Morgan fingerprint density at radius 2 is 1.68 bits per heavy atom. The van der Waals surface area contributed by atoms with E-state index in [0.717, 1.165) is 30.5 Å². The summed E-state index contributed by atoms with van der Waals surface area (Å²) in [6.07, 6.45) is 2.08. The molecule has 10 heteroatoms. The first-order chi connectivity index (χ1) is 17.8. The number of hydrogen-bond donors (Lipinski definition) is 0. The van der Waals surface area contributed by atoms with Crippen molar-refractivity contribution < 1.29 is 27.4 Å². The van der Waals surface area contributed by atoms with Crippen LogP contribution in [-0.2, 0) is 16.7 Å². The summed E-state index contributed by atoms with van der Waals surface area (Å²) >= 11 is 1.38. The standard InChI is InChI=1S/C27H28F3N3O3S/c1-35-22-13-19-20(14-23(22)36-2)31-26(37-15-17-8-10-18(11-9-17)27(28,29)30)33-21(25(34)32-24(19)33)12-16-6-4-3-5-7-16/h8-11,13-14,16,21H,3-7,12,15H2,1-2H3. The minimum absolute atomic E-state index is 0.189. The smallest absolute Gasteiger partial charge is 0.416 e. The van der Waals surface area contributed by atoms with E-state index < -0.39 is 17.8 Å². The summed E-state index contributed by atoms with van der Waals surface area (Å²) in [5.41, 5.74) is 1.34. The van der Waals surface area contributed by atoms with Crippen LogP contribution in [0.4, 0.5) is 18.9 Å². The molecule has 1 unspecified atom stereocenters. The number of aliphatic imine (C=N–C) groups is 2. The van der Waals surface area contributed by atoms with Gasteiger partial charge in [0.2, 0.25) is 0 Å². The van der Waals surface area contributed by atoms with Crippen LogP contribution in [-0.4, -0.2) is 42.1 Å². The highest BCUT2D eigenvalue weighted by Gasteiger charge is 2.43. The lowest BCUT2D eigenvalue weighted by Gasteiger charge is -2.33. The lowest BCUT2D eigenvalue weighted by atomic mass is 9.84. The second-order valence-corrected chi connectivity index (χ2v) is 10.4. The molecular weight excluding hydrogens is 503 g/mol. The molecule has 1 aliphatic carbocycles. The average Bonchev–Trinajstić information content (AvgIpc) is 3.22. The molecule has 3 aliphatic rings.